The lowest BCUT2D eigenvalue weighted by molar-refractivity contribution is -0.255. The summed E-state index contributed by atoms with van der Waals surface area (Å²) < 4.78 is 5.92. The maximum atomic E-state index is 11.5. The first-order valence-corrected chi connectivity index (χ1v) is 6.23. The highest BCUT2D eigenvalue weighted by atomic mass is 79.9. The Hall–Kier alpha value is -2.14. The van der Waals surface area contributed by atoms with Gasteiger partial charge in [0, 0.05) is 9.86 Å². The fourth-order valence-corrected chi connectivity index (χ4v) is 2.42. The van der Waals surface area contributed by atoms with Crippen LogP contribution in [0.5, 0.6) is 0 Å². The standard InChI is InChI=1S/C14H7BrO4/c15-8-2-3-9-7(5-8)1-4-12-10(9)6-11(13(16)17)14(18)19-12/h1-6H,(H,16,17)/p-1. The maximum Gasteiger partial charge on any atom is 0.345 e. The van der Waals surface area contributed by atoms with Crippen LogP contribution in [0.15, 0.2) is 50.1 Å². The maximum absolute atomic E-state index is 11.5. The van der Waals surface area contributed by atoms with Gasteiger partial charge >= 0.3 is 5.63 Å². The van der Waals surface area contributed by atoms with E-state index in [0.717, 1.165) is 15.2 Å². The number of benzene rings is 2. The summed E-state index contributed by atoms with van der Waals surface area (Å²) in [5, 5.41) is 13.2. The minimum Gasteiger partial charge on any atom is -0.545 e. The van der Waals surface area contributed by atoms with Crippen molar-refractivity contribution in [2.45, 2.75) is 0 Å². The van der Waals surface area contributed by atoms with E-state index in [4.69, 9.17) is 4.42 Å². The van der Waals surface area contributed by atoms with Gasteiger partial charge in [-0.2, -0.15) is 0 Å². The molecule has 0 aliphatic rings. The molecule has 4 nitrogen and oxygen atoms in total. The van der Waals surface area contributed by atoms with E-state index in [0.29, 0.717) is 11.0 Å². The first-order valence-electron chi connectivity index (χ1n) is 5.44. The number of carbonyl (C=O) groups is 1. The second kappa shape index (κ2) is 4.20. The number of hydrogen-bond donors (Lipinski definition) is 0. The number of hydrogen-bond acceptors (Lipinski definition) is 4. The van der Waals surface area contributed by atoms with Crippen LogP contribution in [0, 0.1) is 0 Å². The SMILES string of the molecule is O=C([O-])c1cc2c(ccc3cc(Br)ccc32)oc1=O. The van der Waals surface area contributed by atoms with E-state index in [-0.39, 0.29) is 0 Å². The number of halogens is 1. The lowest BCUT2D eigenvalue weighted by atomic mass is 10.0. The Morgan fingerprint density at radius 1 is 1.11 bits per heavy atom. The third-order valence-electron chi connectivity index (χ3n) is 2.91. The molecule has 0 unspecified atom stereocenters. The lowest BCUT2D eigenvalue weighted by Crippen LogP contribution is -2.28. The molecule has 0 aliphatic heterocycles. The van der Waals surface area contributed by atoms with Crippen molar-refractivity contribution in [1.29, 1.82) is 0 Å². The molecule has 3 rings (SSSR count). The van der Waals surface area contributed by atoms with Crippen molar-refractivity contribution in [2.24, 2.45) is 0 Å². The van der Waals surface area contributed by atoms with Gasteiger partial charge in [0.1, 0.15) is 5.58 Å². The minimum atomic E-state index is -1.54. The summed E-state index contributed by atoms with van der Waals surface area (Å²) in [7, 11) is 0. The molecular weight excluding hydrogens is 312 g/mol. The molecule has 0 aliphatic carbocycles. The molecule has 19 heavy (non-hydrogen) atoms. The van der Waals surface area contributed by atoms with E-state index in [1.807, 2.05) is 24.3 Å². The Morgan fingerprint density at radius 2 is 1.89 bits per heavy atom. The summed E-state index contributed by atoms with van der Waals surface area (Å²) in [6.45, 7) is 0. The van der Waals surface area contributed by atoms with Gasteiger partial charge in [0.15, 0.2) is 0 Å². The van der Waals surface area contributed by atoms with E-state index in [9.17, 15) is 14.7 Å². The predicted molar refractivity (Wildman–Crippen MR) is 72.0 cm³/mol. The molecule has 5 heteroatoms. The van der Waals surface area contributed by atoms with Crippen LogP contribution >= 0.6 is 15.9 Å². The Balaban J connectivity index is 2.50. The average molecular weight is 318 g/mol. The zero-order chi connectivity index (χ0) is 13.6. The molecule has 2 aromatic carbocycles. The third kappa shape index (κ3) is 1.92. The van der Waals surface area contributed by atoms with Gasteiger partial charge in [-0.3, -0.25) is 0 Å². The fourth-order valence-electron chi connectivity index (χ4n) is 2.04. The van der Waals surface area contributed by atoms with Crippen molar-refractivity contribution in [3.63, 3.8) is 0 Å². The molecular formula is C14H6BrO4-. The number of carbonyl (C=O) groups excluding carboxylic acids is 1. The number of rotatable bonds is 1. The molecule has 0 fully saturated rings. The average Bonchev–Trinajstić information content (AvgIpc) is 2.37. The highest BCUT2D eigenvalue weighted by molar-refractivity contribution is 9.10. The van der Waals surface area contributed by atoms with Crippen LogP contribution in [0.3, 0.4) is 0 Å². The third-order valence-corrected chi connectivity index (χ3v) is 3.41. The van der Waals surface area contributed by atoms with Crippen molar-refractivity contribution in [3.05, 3.63) is 56.9 Å². The molecule has 3 aromatic rings. The van der Waals surface area contributed by atoms with Crippen molar-refractivity contribution in [2.75, 3.05) is 0 Å². The van der Waals surface area contributed by atoms with Crippen LogP contribution < -0.4 is 10.7 Å². The van der Waals surface area contributed by atoms with E-state index >= 15 is 0 Å². The van der Waals surface area contributed by atoms with Gasteiger partial charge in [-0.05, 0) is 35.0 Å². The molecule has 0 spiro atoms. The summed E-state index contributed by atoms with van der Waals surface area (Å²) in [4.78, 5) is 22.3. The lowest BCUT2D eigenvalue weighted by Gasteiger charge is -2.06. The quantitative estimate of drug-likeness (QED) is 0.509. The van der Waals surface area contributed by atoms with Crippen molar-refractivity contribution in [3.8, 4) is 0 Å². The van der Waals surface area contributed by atoms with E-state index in [2.05, 4.69) is 15.9 Å². The normalized spacial score (nSPS) is 11.0. The van der Waals surface area contributed by atoms with Crippen molar-refractivity contribution >= 4 is 43.6 Å². The monoisotopic (exact) mass is 317 g/mol. The van der Waals surface area contributed by atoms with Crippen LogP contribution in [-0.2, 0) is 0 Å². The summed E-state index contributed by atoms with van der Waals surface area (Å²) in [5.74, 6) is -1.54. The van der Waals surface area contributed by atoms with Crippen LogP contribution in [-0.4, -0.2) is 5.97 Å². The number of fused-ring (bicyclic) bond motifs is 3. The van der Waals surface area contributed by atoms with Gasteiger partial charge in [0.2, 0.25) is 0 Å². The Morgan fingerprint density at radius 3 is 2.63 bits per heavy atom. The Labute approximate surface area is 115 Å². The molecule has 0 saturated heterocycles. The Bertz CT molecular complexity index is 880. The number of carboxylic acid groups (broad SMARTS) is 1. The van der Waals surface area contributed by atoms with Crippen LogP contribution in [0.4, 0.5) is 0 Å². The molecule has 1 aromatic heterocycles. The zero-order valence-corrected chi connectivity index (χ0v) is 11.1. The van der Waals surface area contributed by atoms with Crippen molar-refractivity contribution in [1.82, 2.24) is 0 Å². The van der Waals surface area contributed by atoms with Gasteiger partial charge in [-0.15, -0.1) is 0 Å². The highest BCUT2D eigenvalue weighted by Crippen LogP contribution is 2.27. The van der Waals surface area contributed by atoms with Gasteiger partial charge in [0.25, 0.3) is 0 Å². The first kappa shape index (κ1) is 11.9. The van der Waals surface area contributed by atoms with Crippen LogP contribution in [0.2, 0.25) is 0 Å². The molecule has 0 atom stereocenters. The molecule has 94 valence electrons. The van der Waals surface area contributed by atoms with Gasteiger partial charge in [-0.25, -0.2) is 4.79 Å². The first-order chi connectivity index (χ1) is 9.06. The summed E-state index contributed by atoms with van der Waals surface area (Å²) in [5.41, 5.74) is -1.02. The van der Waals surface area contributed by atoms with E-state index < -0.39 is 17.2 Å². The highest BCUT2D eigenvalue weighted by Gasteiger charge is 2.09. The molecule has 1 heterocycles. The molecule has 0 N–H and O–H groups in total. The molecule has 0 bridgehead atoms. The molecule has 0 radical (unpaired) electrons. The van der Waals surface area contributed by atoms with Crippen LogP contribution in [0.25, 0.3) is 21.7 Å². The molecule has 0 saturated carbocycles. The minimum absolute atomic E-state index is 0.352. The topological polar surface area (TPSA) is 70.3 Å². The summed E-state index contributed by atoms with van der Waals surface area (Å²) >= 11 is 3.37. The summed E-state index contributed by atoms with van der Waals surface area (Å²) in [6.07, 6.45) is 0. The van der Waals surface area contributed by atoms with E-state index in [1.54, 1.807) is 6.07 Å². The largest absolute Gasteiger partial charge is 0.545 e. The summed E-state index contributed by atoms with van der Waals surface area (Å²) in [6, 6.07) is 10.3. The predicted octanol–water partition coefficient (Wildman–Crippen LogP) is 2.07. The second-order valence-electron chi connectivity index (χ2n) is 4.08. The second-order valence-corrected chi connectivity index (χ2v) is 4.99. The number of carboxylic acids is 1. The Kier molecular flexibility index (Phi) is 2.64. The van der Waals surface area contributed by atoms with Gasteiger partial charge in [-0.1, -0.05) is 28.1 Å². The van der Waals surface area contributed by atoms with Gasteiger partial charge in [0.05, 0.1) is 11.5 Å². The number of aromatic carboxylic acids is 1. The van der Waals surface area contributed by atoms with Gasteiger partial charge < -0.3 is 14.3 Å². The van der Waals surface area contributed by atoms with Crippen LogP contribution in [0.1, 0.15) is 10.4 Å². The smallest absolute Gasteiger partial charge is 0.345 e. The van der Waals surface area contributed by atoms with Crippen molar-refractivity contribution < 1.29 is 14.3 Å². The molecule has 0 amide bonds. The zero-order valence-electron chi connectivity index (χ0n) is 9.48. The fraction of sp³-hybridized carbons (Fsp3) is 0. The van der Waals surface area contributed by atoms with E-state index in [1.165, 1.54) is 6.07 Å².